The van der Waals surface area contributed by atoms with E-state index in [1.54, 1.807) is 0 Å². The van der Waals surface area contributed by atoms with Crippen molar-refractivity contribution in [3.63, 3.8) is 0 Å². The summed E-state index contributed by atoms with van der Waals surface area (Å²) in [5.41, 5.74) is 8.83. The summed E-state index contributed by atoms with van der Waals surface area (Å²) in [4.78, 5) is 15.4. The molecule has 140 valence electrons. The molecule has 0 radical (unpaired) electrons. The highest BCUT2D eigenvalue weighted by atomic mass is 35.5. The van der Waals surface area contributed by atoms with Gasteiger partial charge in [0.2, 0.25) is 5.91 Å². The quantitative estimate of drug-likeness (QED) is 0.843. The number of hydrogen-bond donors (Lipinski definition) is 1. The monoisotopic (exact) mass is 375 g/mol. The Hall–Kier alpha value is -2.24. The van der Waals surface area contributed by atoms with Crippen LogP contribution < -0.4 is 15.4 Å². The fourth-order valence-electron chi connectivity index (χ4n) is 3.01. The molecule has 5 nitrogen and oxygen atoms in total. The summed E-state index contributed by atoms with van der Waals surface area (Å²) >= 11 is 0. The molecule has 0 aromatic heterocycles. The van der Waals surface area contributed by atoms with E-state index in [0.717, 1.165) is 43.2 Å². The van der Waals surface area contributed by atoms with E-state index in [-0.39, 0.29) is 18.3 Å². The largest absolute Gasteiger partial charge is 0.489 e. The molecule has 1 aliphatic rings. The molecule has 3 rings (SSSR count). The van der Waals surface area contributed by atoms with Gasteiger partial charge in [-0.25, -0.2) is 0 Å². The maximum atomic E-state index is 11.0. The van der Waals surface area contributed by atoms with Gasteiger partial charge in [-0.3, -0.25) is 9.69 Å². The molecule has 1 saturated heterocycles. The summed E-state index contributed by atoms with van der Waals surface area (Å²) in [5, 5.41) is 0. The second-order valence-electron chi connectivity index (χ2n) is 6.50. The number of amides is 1. The molecule has 26 heavy (non-hydrogen) atoms. The number of aryl methyl sites for hydroxylation is 1. The minimum absolute atomic E-state index is 0. The van der Waals surface area contributed by atoms with Gasteiger partial charge < -0.3 is 15.4 Å². The summed E-state index contributed by atoms with van der Waals surface area (Å²) in [5.74, 6) is 0.609. The molecule has 6 heteroatoms. The van der Waals surface area contributed by atoms with Crippen LogP contribution in [0.15, 0.2) is 48.5 Å². The number of primary amides is 1. The van der Waals surface area contributed by atoms with Gasteiger partial charge in [-0.1, -0.05) is 35.9 Å². The van der Waals surface area contributed by atoms with Crippen molar-refractivity contribution in [3.8, 4) is 5.75 Å². The van der Waals surface area contributed by atoms with E-state index >= 15 is 0 Å². The van der Waals surface area contributed by atoms with Crippen LogP contribution in [-0.4, -0.2) is 43.5 Å². The van der Waals surface area contributed by atoms with Gasteiger partial charge in [0.05, 0.1) is 6.54 Å². The van der Waals surface area contributed by atoms with E-state index in [1.165, 1.54) is 5.56 Å². The van der Waals surface area contributed by atoms with Gasteiger partial charge in [0, 0.05) is 37.9 Å². The Morgan fingerprint density at radius 2 is 1.77 bits per heavy atom. The topological polar surface area (TPSA) is 58.8 Å². The predicted molar refractivity (Wildman–Crippen MR) is 107 cm³/mol. The third-order valence-electron chi connectivity index (χ3n) is 4.46. The predicted octanol–water partition coefficient (Wildman–Crippen LogP) is 2.60. The molecule has 1 fully saturated rings. The van der Waals surface area contributed by atoms with Crippen LogP contribution in [0.5, 0.6) is 5.75 Å². The van der Waals surface area contributed by atoms with Crippen molar-refractivity contribution < 1.29 is 9.53 Å². The first-order chi connectivity index (χ1) is 12.1. The van der Waals surface area contributed by atoms with E-state index in [9.17, 15) is 4.79 Å². The summed E-state index contributed by atoms with van der Waals surface area (Å²) in [6, 6.07) is 16.6. The highest BCUT2D eigenvalue weighted by molar-refractivity contribution is 5.85. The maximum Gasteiger partial charge on any atom is 0.231 e. The molecule has 2 aromatic carbocycles. The van der Waals surface area contributed by atoms with Crippen molar-refractivity contribution in [1.82, 2.24) is 4.90 Å². The molecule has 2 N–H and O–H groups in total. The van der Waals surface area contributed by atoms with Gasteiger partial charge >= 0.3 is 0 Å². The van der Waals surface area contributed by atoms with Crippen LogP contribution in [0.3, 0.4) is 0 Å². The summed E-state index contributed by atoms with van der Waals surface area (Å²) in [6.07, 6.45) is 0. The number of nitrogens with zero attached hydrogens (tertiary/aromatic N) is 2. The van der Waals surface area contributed by atoms with Gasteiger partial charge in [0.1, 0.15) is 12.4 Å². The van der Waals surface area contributed by atoms with Crippen LogP contribution >= 0.6 is 12.4 Å². The number of carbonyl (C=O) groups excluding carboxylic acids is 1. The SMILES string of the molecule is Cc1ccc(COc2cccc(N3CCN(CC(N)=O)CC3)c2)cc1.Cl. The van der Waals surface area contributed by atoms with Gasteiger partial charge in [-0.15, -0.1) is 12.4 Å². The van der Waals surface area contributed by atoms with Gasteiger partial charge in [-0.2, -0.15) is 0 Å². The Morgan fingerprint density at radius 3 is 2.42 bits per heavy atom. The van der Waals surface area contributed by atoms with E-state index in [4.69, 9.17) is 10.5 Å². The number of rotatable bonds is 6. The van der Waals surface area contributed by atoms with Crippen LogP contribution in [-0.2, 0) is 11.4 Å². The molecule has 1 amide bonds. The Balaban J connectivity index is 0.00000243. The molecule has 0 saturated carbocycles. The molecule has 0 bridgehead atoms. The molecule has 0 aliphatic carbocycles. The first-order valence-electron chi connectivity index (χ1n) is 8.64. The molecule has 2 aromatic rings. The molecule has 0 unspecified atom stereocenters. The fourth-order valence-corrected chi connectivity index (χ4v) is 3.01. The second kappa shape index (κ2) is 9.46. The molecule has 0 spiro atoms. The second-order valence-corrected chi connectivity index (χ2v) is 6.50. The van der Waals surface area contributed by atoms with E-state index in [1.807, 2.05) is 12.1 Å². The number of benzene rings is 2. The van der Waals surface area contributed by atoms with Crippen LogP contribution in [0.4, 0.5) is 5.69 Å². The van der Waals surface area contributed by atoms with Gasteiger partial charge in [0.25, 0.3) is 0 Å². The first kappa shape index (κ1) is 20.1. The van der Waals surface area contributed by atoms with Crippen LogP contribution in [0.25, 0.3) is 0 Å². The number of nitrogens with two attached hydrogens (primary N) is 1. The van der Waals surface area contributed by atoms with Crippen molar-refractivity contribution >= 4 is 24.0 Å². The standard InChI is InChI=1S/C20H25N3O2.ClH/c1-16-5-7-17(8-6-16)15-25-19-4-2-3-18(13-19)23-11-9-22(10-12-23)14-20(21)24;/h2-8,13H,9-12,14-15H2,1H3,(H2,21,24);1H. The maximum absolute atomic E-state index is 11.0. The smallest absolute Gasteiger partial charge is 0.231 e. The lowest BCUT2D eigenvalue weighted by Gasteiger charge is -2.35. The lowest BCUT2D eigenvalue weighted by molar-refractivity contribution is -0.119. The highest BCUT2D eigenvalue weighted by Gasteiger charge is 2.18. The highest BCUT2D eigenvalue weighted by Crippen LogP contribution is 2.23. The minimum Gasteiger partial charge on any atom is -0.489 e. The van der Waals surface area contributed by atoms with E-state index in [2.05, 4.69) is 53.1 Å². The van der Waals surface area contributed by atoms with Crippen LogP contribution in [0, 0.1) is 6.92 Å². The summed E-state index contributed by atoms with van der Waals surface area (Å²) in [7, 11) is 0. The minimum atomic E-state index is -0.264. The number of anilines is 1. The zero-order valence-corrected chi connectivity index (χ0v) is 15.9. The average molecular weight is 376 g/mol. The number of ether oxygens (including phenoxy) is 1. The third-order valence-corrected chi connectivity index (χ3v) is 4.46. The normalized spacial score (nSPS) is 14.6. The van der Waals surface area contributed by atoms with E-state index < -0.39 is 0 Å². The lowest BCUT2D eigenvalue weighted by Crippen LogP contribution is -2.48. The van der Waals surface area contributed by atoms with Crippen molar-refractivity contribution in [2.45, 2.75) is 13.5 Å². The summed E-state index contributed by atoms with van der Waals surface area (Å²) < 4.78 is 5.94. The first-order valence-corrected chi connectivity index (χ1v) is 8.64. The van der Waals surface area contributed by atoms with Crippen LogP contribution in [0.2, 0.25) is 0 Å². The average Bonchev–Trinajstić information content (AvgIpc) is 2.62. The summed E-state index contributed by atoms with van der Waals surface area (Å²) in [6.45, 7) is 6.44. The number of hydrogen-bond acceptors (Lipinski definition) is 4. The molecule has 0 atom stereocenters. The Labute approximate surface area is 161 Å². The Bertz CT molecular complexity index is 713. The van der Waals surface area contributed by atoms with Gasteiger partial charge in [-0.05, 0) is 24.6 Å². The van der Waals surface area contributed by atoms with Crippen molar-refractivity contribution in [1.29, 1.82) is 0 Å². The third kappa shape index (κ3) is 5.64. The lowest BCUT2D eigenvalue weighted by atomic mass is 10.2. The van der Waals surface area contributed by atoms with Crippen LogP contribution in [0.1, 0.15) is 11.1 Å². The zero-order chi connectivity index (χ0) is 17.6. The Kier molecular flexibility index (Phi) is 7.30. The number of piperazine rings is 1. The molecular weight excluding hydrogens is 350 g/mol. The van der Waals surface area contributed by atoms with Gasteiger partial charge in [0.15, 0.2) is 0 Å². The Morgan fingerprint density at radius 1 is 1.08 bits per heavy atom. The van der Waals surface area contributed by atoms with E-state index in [0.29, 0.717) is 13.2 Å². The molecular formula is C20H26ClN3O2. The zero-order valence-electron chi connectivity index (χ0n) is 15.1. The van der Waals surface area contributed by atoms with Crippen molar-refractivity contribution in [2.75, 3.05) is 37.6 Å². The number of halogens is 1. The van der Waals surface area contributed by atoms with Crippen molar-refractivity contribution in [2.24, 2.45) is 5.73 Å². The van der Waals surface area contributed by atoms with Crippen molar-refractivity contribution in [3.05, 3.63) is 59.7 Å². The fraction of sp³-hybridized carbons (Fsp3) is 0.350. The molecule has 1 aliphatic heterocycles. The number of carbonyl (C=O) groups is 1. The molecule has 1 heterocycles.